The van der Waals surface area contributed by atoms with Crippen LogP contribution in [-0.4, -0.2) is 19.1 Å². The predicted octanol–water partition coefficient (Wildman–Crippen LogP) is 3.34. The Hall–Kier alpha value is -0.940. The van der Waals surface area contributed by atoms with Crippen molar-refractivity contribution in [2.45, 2.75) is 19.8 Å². The number of carbonyl (C=O) groups is 1. The maximum Gasteiger partial charge on any atom is 0.226 e. The zero-order chi connectivity index (χ0) is 12.7. The molecule has 0 saturated heterocycles. The van der Waals surface area contributed by atoms with Crippen LogP contribution in [0.3, 0.4) is 0 Å². The fraction of sp³-hybridized carbons (Fsp3) is 0.417. The van der Waals surface area contributed by atoms with Crippen LogP contribution in [0.2, 0.25) is 0 Å². The number of hydrogen-bond donors (Lipinski definition) is 1. The zero-order valence-electron chi connectivity index (χ0n) is 9.63. The molecule has 94 valence electrons. The Morgan fingerprint density at radius 1 is 1.47 bits per heavy atom. The molecule has 0 atom stereocenters. The summed E-state index contributed by atoms with van der Waals surface area (Å²) in [5.74, 6) is -0.571. The number of benzene rings is 1. The van der Waals surface area contributed by atoms with Crippen molar-refractivity contribution in [3.63, 3.8) is 0 Å². The first-order valence-corrected chi connectivity index (χ1v) is 6.25. The van der Waals surface area contributed by atoms with E-state index in [-0.39, 0.29) is 18.1 Å². The quantitative estimate of drug-likeness (QED) is 0.819. The van der Waals surface area contributed by atoms with Crippen LogP contribution in [0.4, 0.5) is 10.1 Å². The Bertz CT molecular complexity index is 385. The lowest BCUT2D eigenvalue weighted by atomic mass is 10.3. The standard InChI is InChI=1S/C12H15BrFNO2/c1-2-6-17-7-5-12(16)15-11-8-9(14)3-4-10(11)13/h3-4,8H,2,5-7H2,1H3,(H,15,16). The van der Waals surface area contributed by atoms with Gasteiger partial charge in [-0.25, -0.2) is 4.39 Å². The molecule has 17 heavy (non-hydrogen) atoms. The van der Waals surface area contributed by atoms with Gasteiger partial charge in [-0.15, -0.1) is 0 Å². The Morgan fingerprint density at radius 3 is 2.94 bits per heavy atom. The topological polar surface area (TPSA) is 38.3 Å². The van der Waals surface area contributed by atoms with E-state index in [0.29, 0.717) is 23.4 Å². The van der Waals surface area contributed by atoms with Crippen LogP contribution in [0.1, 0.15) is 19.8 Å². The van der Waals surface area contributed by atoms with Gasteiger partial charge in [-0.1, -0.05) is 6.92 Å². The highest BCUT2D eigenvalue weighted by atomic mass is 79.9. The Morgan fingerprint density at radius 2 is 2.24 bits per heavy atom. The number of amides is 1. The molecule has 0 heterocycles. The van der Waals surface area contributed by atoms with Crippen LogP contribution in [0.25, 0.3) is 0 Å². The Balaban J connectivity index is 2.42. The average molecular weight is 304 g/mol. The zero-order valence-corrected chi connectivity index (χ0v) is 11.2. The summed E-state index contributed by atoms with van der Waals surface area (Å²) in [7, 11) is 0. The molecule has 1 aromatic carbocycles. The van der Waals surface area contributed by atoms with Gasteiger partial charge in [-0.3, -0.25) is 4.79 Å². The van der Waals surface area contributed by atoms with E-state index in [4.69, 9.17) is 4.74 Å². The van der Waals surface area contributed by atoms with Gasteiger partial charge in [-0.05, 0) is 40.5 Å². The van der Waals surface area contributed by atoms with Gasteiger partial charge in [0, 0.05) is 11.1 Å². The molecule has 0 spiro atoms. The summed E-state index contributed by atoms with van der Waals surface area (Å²) in [6.07, 6.45) is 1.19. The van der Waals surface area contributed by atoms with E-state index < -0.39 is 0 Å². The lowest BCUT2D eigenvalue weighted by molar-refractivity contribution is -0.117. The number of rotatable bonds is 6. The van der Waals surface area contributed by atoms with Gasteiger partial charge in [0.15, 0.2) is 0 Å². The minimum atomic E-state index is -0.384. The second-order valence-corrected chi connectivity index (χ2v) is 4.39. The molecule has 0 bridgehead atoms. The molecular weight excluding hydrogens is 289 g/mol. The van der Waals surface area contributed by atoms with Crippen molar-refractivity contribution in [1.29, 1.82) is 0 Å². The lowest BCUT2D eigenvalue weighted by Crippen LogP contribution is -2.14. The monoisotopic (exact) mass is 303 g/mol. The fourth-order valence-corrected chi connectivity index (χ4v) is 1.56. The Kier molecular flexibility index (Phi) is 6.15. The summed E-state index contributed by atoms with van der Waals surface area (Å²) in [5.41, 5.74) is 0.436. The highest BCUT2D eigenvalue weighted by Crippen LogP contribution is 2.23. The molecule has 3 nitrogen and oxygen atoms in total. The van der Waals surface area contributed by atoms with Crippen LogP contribution in [-0.2, 0) is 9.53 Å². The van der Waals surface area contributed by atoms with E-state index in [9.17, 15) is 9.18 Å². The molecule has 0 aromatic heterocycles. The summed E-state index contributed by atoms with van der Waals surface area (Å²) < 4.78 is 18.8. The van der Waals surface area contributed by atoms with Gasteiger partial charge in [0.2, 0.25) is 5.91 Å². The third-order valence-electron chi connectivity index (χ3n) is 2.02. The summed E-state index contributed by atoms with van der Waals surface area (Å²) in [5, 5.41) is 2.62. The van der Waals surface area contributed by atoms with Crippen LogP contribution >= 0.6 is 15.9 Å². The number of nitrogens with one attached hydrogen (secondary N) is 1. The number of ether oxygens (including phenoxy) is 1. The van der Waals surface area contributed by atoms with Crippen molar-refractivity contribution in [1.82, 2.24) is 0 Å². The van der Waals surface area contributed by atoms with E-state index in [1.807, 2.05) is 6.92 Å². The molecular formula is C12H15BrFNO2. The van der Waals surface area contributed by atoms with Crippen molar-refractivity contribution in [2.24, 2.45) is 0 Å². The normalized spacial score (nSPS) is 10.3. The summed E-state index contributed by atoms with van der Waals surface area (Å²) >= 11 is 3.24. The van der Waals surface area contributed by atoms with E-state index in [0.717, 1.165) is 6.42 Å². The summed E-state index contributed by atoms with van der Waals surface area (Å²) in [6.45, 7) is 3.04. The third-order valence-corrected chi connectivity index (χ3v) is 2.72. The maximum atomic E-state index is 13.0. The average Bonchev–Trinajstić information content (AvgIpc) is 2.29. The molecule has 0 unspecified atom stereocenters. The molecule has 0 radical (unpaired) electrons. The van der Waals surface area contributed by atoms with Gasteiger partial charge >= 0.3 is 0 Å². The van der Waals surface area contributed by atoms with E-state index >= 15 is 0 Å². The molecule has 0 saturated carbocycles. The van der Waals surface area contributed by atoms with E-state index in [2.05, 4.69) is 21.2 Å². The van der Waals surface area contributed by atoms with Crippen molar-refractivity contribution in [3.8, 4) is 0 Å². The summed E-state index contributed by atoms with van der Waals surface area (Å²) in [4.78, 5) is 11.5. The Labute approximate surface area is 108 Å². The summed E-state index contributed by atoms with van der Waals surface area (Å²) in [6, 6.07) is 4.15. The van der Waals surface area contributed by atoms with Gasteiger partial charge in [0.1, 0.15) is 5.82 Å². The minimum Gasteiger partial charge on any atom is -0.381 e. The minimum absolute atomic E-state index is 0.188. The fourth-order valence-electron chi connectivity index (χ4n) is 1.22. The number of carbonyl (C=O) groups excluding carboxylic acids is 1. The van der Waals surface area contributed by atoms with Gasteiger partial charge in [0.25, 0.3) is 0 Å². The highest BCUT2D eigenvalue weighted by Gasteiger charge is 2.06. The van der Waals surface area contributed by atoms with Crippen LogP contribution < -0.4 is 5.32 Å². The molecule has 1 rings (SSSR count). The molecule has 1 aromatic rings. The van der Waals surface area contributed by atoms with Gasteiger partial charge in [-0.2, -0.15) is 0 Å². The van der Waals surface area contributed by atoms with Crippen molar-refractivity contribution in [2.75, 3.05) is 18.5 Å². The third kappa shape index (κ3) is 5.28. The molecule has 0 aliphatic heterocycles. The van der Waals surface area contributed by atoms with E-state index in [1.54, 1.807) is 6.07 Å². The number of halogens is 2. The van der Waals surface area contributed by atoms with Crippen molar-refractivity contribution >= 4 is 27.5 Å². The first-order valence-electron chi connectivity index (χ1n) is 5.46. The second-order valence-electron chi connectivity index (χ2n) is 3.53. The van der Waals surface area contributed by atoms with E-state index in [1.165, 1.54) is 12.1 Å². The van der Waals surface area contributed by atoms with Crippen LogP contribution in [0.5, 0.6) is 0 Å². The first-order chi connectivity index (χ1) is 8.13. The largest absolute Gasteiger partial charge is 0.381 e. The first kappa shape index (κ1) is 14.1. The maximum absolute atomic E-state index is 13.0. The molecule has 0 fully saturated rings. The van der Waals surface area contributed by atoms with Crippen molar-refractivity contribution < 1.29 is 13.9 Å². The van der Waals surface area contributed by atoms with Gasteiger partial charge in [0.05, 0.1) is 18.7 Å². The van der Waals surface area contributed by atoms with Crippen LogP contribution in [0.15, 0.2) is 22.7 Å². The van der Waals surface area contributed by atoms with Gasteiger partial charge < -0.3 is 10.1 Å². The molecule has 5 heteroatoms. The SMILES string of the molecule is CCCOCCC(=O)Nc1cc(F)ccc1Br. The van der Waals surface area contributed by atoms with Crippen molar-refractivity contribution in [3.05, 3.63) is 28.5 Å². The predicted molar refractivity (Wildman–Crippen MR) is 68.5 cm³/mol. The number of hydrogen-bond acceptors (Lipinski definition) is 2. The second kappa shape index (κ2) is 7.40. The lowest BCUT2D eigenvalue weighted by Gasteiger charge is -2.07. The molecule has 0 aliphatic carbocycles. The molecule has 1 N–H and O–H groups in total. The molecule has 1 amide bonds. The van der Waals surface area contributed by atoms with Crippen LogP contribution in [0, 0.1) is 5.82 Å². The molecule has 0 aliphatic rings. The highest BCUT2D eigenvalue weighted by molar-refractivity contribution is 9.10. The number of anilines is 1. The smallest absolute Gasteiger partial charge is 0.226 e.